The van der Waals surface area contributed by atoms with E-state index in [0.717, 1.165) is 26.6 Å². The van der Waals surface area contributed by atoms with E-state index in [4.69, 9.17) is 5.11 Å². The van der Waals surface area contributed by atoms with Gasteiger partial charge in [0, 0.05) is 4.90 Å². The van der Waals surface area contributed by atoms with Gasteiger partial charge in [0.05, 0.1) is 22.3 Å². The lowest BCUT2D eigenvalue weighted by Crippen LogP contribution is -1.96. The zero-order valence-electron chi connectivity index (χ0n) is 11.3. The summed E-state index contributed by atoms with van der Waals surface area (Å²) in [5, 5.41) is 9.82. The van der Waals surface area contributed by atoms with E-state index >= 15 is 0 Å². The Balaban J connectivity index is 1.99. The van der Waals surface area contributed by atoms with Crippen LogP contribution in [0.5, 0.6) is 0 Å². The highest BCUT2D eigenvalue weighted by Crippen LogP contribution is 2.29. The zero-order valence-corrected chi connectivity index (χ0v) is 12.1. The Morgan fingerprint density at radius 1 is 1.05 bits per heavy atom. The number of aryl methyl sites for hydroxylation is 1. The number of aromatic carboxylic acids is 1. The number of aromatic nitrogens is 2. The van der Waals surface area contributed by atoms with Gasteiger partial charge in [0.25, 0.3) is 0 Å². The monoisotopic (exact) mass is 296 g/mol. The molecule has 0 saturated heterocycles. The number of carboxylic acids is 1. The second kappa shape index (κ2) is 5.54. The van der Waals surface area contributed by atoms with Gasteiger partial charge in [0.2, 0.25) is 0 Å². The maximum atomic E-state index is 11.0. The van der Waals surface area contributed by atoms with E-state index in [2.05, 4.69) is 9.97 Å². The predicted octanol–water partition coefficient (Wildman–Crippen LogP) is 3.79. The summed E-state index contributed by atoms with van der Waals surface area (Å²) in [6.45, 7) is 1.91. The largest absolute Gasteiger partial charge is 0.478 e. The Kier molecular flexibility index (Phi) is 3.58. The van der Waals surface area contributed by atoms with Crippen LogP contribution in [0.2, 0.25) is 0 Å². The number of carboxylic acid groups (broad SMARTS) is 1. The van der Waals surface area contributed by atoms with Crippen molar-refractivity contribution >= 4 is 28.8 Å². The van der Waals surface area contributed by atoms with Crippen molar-refractivity contribution < 1.29 is 9.90 Å². The van der Waals surface area contributed by atoms with E-state index in [-0.39, 0.29) is 5.56 Å². The molecule has 0 atom stereocenters. The topological polar surface area (TPSA) is 63.1 Å². The molecule has 3 aromatic rings. The van der Waals surface area contributed by atoms with Crippen LogP contribution in [0.15, 0.2) is 58.5 Å². The molecule has 5 heteroatoms. The summed E-state index contributed by atoms with van der Waals surface area (Å²) in [6, 6.07) is 14.5. The molecule has 0 radical (unpaired) electrons. The van der Waals surface area contributed by atoms with Crippen LogP contribution in [0.4, 0.5) is 0 Å². The van der Waals surface area contributed by atoms with Gasteiger partial charge >= 0.3 is 5.97 Å². The van der Waals surface area contributed by atoms with Gasteiger partial charge in [-0.15, -0.1) is 0 Å². The highest BCUT2D eigenvalue weighted by Gasteiger charge is 2.09. The quantitative estimate of drug-likeness (QED) is 0.796. The Morgan fingerprint density at radius 3 is 2.48 bits per heavy atom. The number of rotatable bonds is 3. The van der Waals surface area contributed by atoms with Gasteiger partial charge in [-0.2, -0.15) is 0 Å². The minimum atomic E-state index is -0.932. The van der Waals surface area contributed by atoms with Crippen LogP contribution >= 0.6 is 11.8 Å². The standard InChI is InChI=1S/C16H12N2O2S/c1-10-15(18-14-8-3-2-7-13(14)17-10)21-12-6-4-5-11(9-12)16(19)20/h2-9H,1H3,(H,19,20). The van der Waals surface area contributed by atoms with E-state index in [0.29, 0.717) is 0 Å². The second-order valence-electron chi connectivity index (χ2n) is 4.54. The average Bonchev–Trinajstić information content (AvgIpc) is 2.48. The second-order valence-corrected chi connectivity index (χ2v) is 5.60. The number of nitrogens with zero attached hydrogens (tertiary/aromatic N) is 2. The lowest BCUT2D eigenvalue weighted by Gasteiger charge is -2.06. The van der Waals surface area contributed by atoms with Crippen molar-refractivity contribution in [2.45, 2.75) is 16.8 Å². The zero-order chi connectivity index (χ0) is 14.8. The molecule has 0 fully saturated rings. The third-order valence-corrected chi connectivity index (χ3v) is 4.07. The Bertz CT molecular complexity index is 833. The van der Waals surface area contributed by atoms with Gasteiger partial charge < -0.3 is 5.11 Å². The fraction of sp³-hybridized carbons (Fsp3) is 0.0625. The van der Waals surface area contributed by atoms with Gasteiger partial charge in [-0.1, -0.05) is 30.0 Å². The molecule has 4 nitrogen and oxygen atoms in total. The van der Waals surface area contributed by atoms with E-state index in [1.807, 2.05) is 37.3 Å². The summed E-state index contributed by atoms with van der Waals surface area (Å²) in [4.78, 5) is 21.0. The van der Waals surface area contributed by atoms with E-state index < -0.39 is 5.97 Å². The smallest absolute Gasteiger partial charge is 0.335 e. The molecule has 3 rings (SSSR count). The molecule has 0 saturated carbocycles. The number of carbonyl (C=O) groups is 1. The van der Waals surface area contributed by atoms with Crippen molar-refractivity contribution in [3.05, 3.63) is 59.8 Å². The minimum absolute atomic E-state index is 0.270. The lowest BCUT2D eigenvalue weighted by molar-refractivity contribution is 0.0696. The molecule has 0 unspecified atom stereocenters. The first-order valence-corrected chi connectivity index (χ1v) is 7.20. The summed E-state index contributed by atoms with van der Waals surface area (Å²) >= 11 is 1.42. The van der Waals surface area contributed by atoms with Crippen molar-refractivity contribution in [1.82, 2.24) is 9.97 Å². The number of para-hydroxylation sites is 2. The van der Waals surface area contributed by atoms with Gasteiger partial charge in [0.15, 0.2) is 0 Å². The Morgan fingerprint density at radius 2 is 1.76 bits per heavy atom. The Hall–Kier alpha value is -2.40. The fourth-order valence-electron chi connectivity index (χ4n) is 1.97. The maximum Gasteiger partial charge on any atom is 0.335 e. The summed E-state index contributed by atoms with van der Waals surface area (Å²) in [5.74, 6) is -0.932. The third kappa shape index (κ3) is 2.87. The molecule has 0 aliphatic rings. The third-order valence-electron chi connectivity index (χ3n) is 3.00. The molecule has 0 spiro atoms. The van der Waals surface area contributed by atoms with Crippen LogP contribution in [0.3, 0.4) is 0 Å². The van der Waals surface area contributed by atoms with Crippen LogP contribution in [-0.4, -0.2) is 21.0 Å². The number of hydrogen-bond acceptors (Lipinski definition) is 4. The Labute approximate surface area is 125 Å². The highest BCUT2D eigenvalue weighted by molar-refractivity contribution is 7.99. The molecular weight excluding hydrogens is 284 g/mol. The average molecular weight is 296 g/mol. The molecule has 2 aromatic carbocycles. The molecule has 0 aliphatic heterocycles. The van der Waals surface area contributed by atoms with Crippen LogP contribution < -0.4 is 0 Å². The van der Waals surface area contributed by atoms with E-state index in [1.165, 1.54) is 11.8 Å². The number of hydrogen-bond donors (Lipinski definition) is 1. The summed E-state index contributed by atoms with van der Waals surface area (Å²) in [7, 11) is 0. The van der Waals surface area contributed by atoms with Crippen LogP contribution in [-0.2, 0) is 0 Å². The maximum absolute atomic E-state index is 11.0. The first kappa shape index (κ1) is 13.6. The first-order valence-electron chi connectivity index (χ1n) is 6.38. The molecule has 1 aromatic heterocycles. The molecule has 21 heavy (non-hydrogen) atoms. The van der Waals surface area contributed by atoms with Gasteiger partial charge in [0.1, 0.15) is 5.03 Å². The summed E-state index contributed by atoms with van der Waals surface area (Å²) in [5.41, 5.74) is 2.80. The molecule has 0 aliphatic carbocycles. The van der Waals surface area contributed by atoms with Crippen LogP contribution in [0.1, 0.15) is 16.1 Å². The van der Waals surface area contributed by atoms with Crippen LogP contribution in [0.25, 0.3) is 11.0 Å². The SMILES string of the molecule is Cc1nc2ccccc2nc1Sc1cccc(C(=O)O)c1. The van der Waals surface area contributed by atoms with Crippen molar-refractivity contribution in [2.24, 2.45) is 0 Å². The minimum Gasteiger partial charge on any atom is -0.478 e. The van der Waals surface area contributed by atoms with Crippen molar-refractivity contribution in [2.75, 3.05) is 0 Å². The van der Waals surface area contributed by atoms with Crippen molar-refractivity contribution in [1.29, 1.82) is 0 Å². The van der Waals surface area contributed by atoms with Crippen LogP contribution in [0, 0.1) is 6.92 Å². The van der Waals surface area contributed by atoms with Gasteiger partial charge in [-0.3, -0.25) is 0 Å². The predicted molar refractivity (Wildman–Crippen MR) is 81.8 cm³/mol. The van der Waals surface area contributed by atoms with Gasteiger partial charge in [-0.25, -0.2) is 14.8 Å². The van der Waals surface area contributed by atoms with Crippen molar-refractivity contribution in [3.63, 3.8) is 0 Å². The first-order chi connectivity index (χ1) is 10.1. The summed E-state index contributed by atoms with van der Waals surface area (Å²) in [6.07, 6.45) is 0. The number of benzene rings is 2. The fourth-order valence-corrected chi connectivity index (χ4v) is 2.87. The number of fused-ring (bicyclic) bond motifs is 1. The highest BCUT2D eigenvalue weighted by atomic mass is 32.2. The van der Waals surface area contributed by atoms with E-state index in [9.17, 15) is 4.79 Å². The molecular formula is C16H12N2O2S. The van der Waals surface area contributed by atoms with E-state index in [1.54, 1.807) is 18.2 Å². The van der Waals surface area contributed by atoms with Crippen molar-refractivity contribution in [3.8, 4) is 0 Å². The molecule has 0 amide bonds. The normalized spacial score (nSPS) is 10.7. The molecule has 1 heterocycles. The molecule has 1 N–H and O–H groups in total. The molecule has 0 bridgehead atoms. The lowest BCUT2D eigenvalue weighted by atomic mass is 10.2. The summed E-state index contributed by atoms with van der Waals surface area (Å²) < 4.78 is 0. The van der Waals surface area contributed by atoms with Gasteiger partial charge in [-0.05, 0) is 37.3 Å². The molecule has 104 valence electrons.